The molecule has 0 amide bonds. The SMILES string of the molecule is CC(C)(CCCO)Cn1sc2ccccc2c1=O. The predicted molar refractivity (Wildman–Crippen MR) is 76.2 cm³/mol. The highest BCUT2D eigenvalue weighted by molar-refractivity contribution is 7.13. The minimum Gasteiger partial charge on any atom is -0.396 e. The van der Waals surface area contributed by atoms with Crippen molar-refractivity contribution in [2.75, 3.05) is 6.61 Å². The number of benzene rings is 1. The van der Waals surface area contributed by atoms with Crippen molar-refractivity contribution in [2.45, 2.75) is 33.2 Å². The molecule has 0 radical (unpaired) electrons. The Balaban J connectivity index is 2.26. The molecule has 0 aliphatic carbocycles. The number of aliphatic hydroxyl groups is 1. The van der Waals surface area contributed by atoms with Crippen LogP contribution in [0.3, 0.4) is 0 Å². The largest absolute Gasteiger partial charge is 0.396 e. The third-order valence-electron chi connectivity index (χ3n) is 3.14. The summed E-state index contributed by atoms with van der Waals surface area (Å²) in [6.45, 7) is 5.20. The Kier molecular flexibility index (Phi) is 3.88. The smallest absolute Gasteiger partial charge is 0.268 e. The number of aromatic nitrogens is 1. The van der Waals surface area contributed by atoms with Gasteiger partial charge in [0.25, 0.3) is 5.56 Å². The Labute approximate surface area is 111 Å². The van der Waals surface area contributed by atoms with E-state index in [4.69, 9.17) is 5.11 Å². The topological polar surface area (TPSA) is 42.2 Å². The van der Waals surface area contributed by atoms with Crippen molar-refractivity contribution >= 4 is 21.6 Å². The van der Waals surface area contributed by atoms with Crippen LogP contribution in [0.1, 0.15) is 26.7 Å². The standard InChI is InChI=1S/C14H19NO2S/c1-14(2,8-5-9-16)10-15-13(17)11-6-3-4-7-12(11)18-15/h3-4,6-7,16H,5,8-10H2,1-2H3. The fourth-order valence-corrected chi connectivity index (χ4v) is 3.37. The highest BCUT2D eigenvalue weighted by Gasteiger charge is 2.20. The van der Waals surface area contributed by atoms with Crippen LogP contribution in [0.4, 0.5) is 0 Å². The van der Waals surface area contributed by atoms with Gasteiger partial charge in [-0.05, 0) is 30.4 Å². The molecule has 1 N–H and O–H groups in total. The normalized spacial score (nSPS) is 12.2. The van der Waals surface area contributed by atoms with E-state index in [1.807, 2.05) is 28.2 Å². The summed E-state index contributed by atoms with van der Waals surface area (Å²) in [4.78, 5) is 12.2. The van der Waals surface area contributed by atoms with Gasteiger partial charge in [-0.2, -0.15) is 0 Å². The Morgan fingerprint density at radius 2 is 2.06 bits per heavy atom. The molecule has 0 bridgehead atoms. The monoisotopic (exact) mass is 265 g/mol. The lowest BCUT2D eigenvalue weighted by atomic mass is 9.88. The Bertz CT molecular complexity index is 583. The molecule has 4 heteroatoms. The third kappa shape index (κ3) is 2.82. The van der Waals surface area contributed by atoms with Crippen molar-refractivity contribution in [3.8, 4) is 0 Å². The zero-order valence-corrected chi connectivity index (χ0v) is 11.7. The van der Waals surface area contributed by atoms with E-state index >= 15 is 0 Å². The van der Waals surface area contributed by atoms with Gasteiger partial charge in [-0.3, -0.25) is 8.75 Å². The summed E-state index contributed by atoms with van der Waals surface area (Å²) >= 11 is 1.53. The molecule has 18 heavy (non-hydrogen) atoms. The van der Waals surface area contributed by atoms with Gasteiger partial charge < -0.3 is 5.11 Å². The van der Waals surface area contributed by atoms with Crippen molar-refractivity contribution in [2.24, 2.45) is 5.41 Å². The number of nitrogens with zero attached hydrogens (tertiary/aromatic N) is 1. The van der Waals surface area contributed by atoms with Crippen LogP contribution in [-0.4, -0.2) is 15.7 Å². The van der Waals surface area contributed by atoms with Gasteiger partial charge in [0, 0.05) is 13.2 Å². The molecule has 0 saturated heterocycles. The second-order valence-electron chi connectivity index (χ2n) is 5.42. The predicted octanol–water partition coefficient (Wildman–Crippen LogP) is 2.86. The van der Waals surface area contributed by atoms with Crippen molar-refractivity contribution in [1.82, 2.24) is 3.96 Å². The number of aliphatic hydroxyl groups excluding tert-OH is 1. The molecule has 1 aromatic heterocycles. The molecule has 0 atom stereocenters. The van der Waals surface area contributed by atoms with Gasteiger partial charge in [-0.1, -0.05) is 37.5 Å². The molecule has 3 nitrogen and oxygen atoms in total. The van der Waals surface area contributed by atoms with Crippen LogP contribution in [0.2, 0.25) is 0 Å². The maximum absolute atomic E-state index is 12.2. The number of hydrogen-bond donors (Lipinski definition) is 1. The highest BCUT2D eigenvalue weighted by atomic mass is 32.1. The van der Waals surface area contributed by atoms with E-state index in [0.717, 1.165) is 22.9 Å². The molecule has 0 fully saturated rings. The van der Waals surface area contributed by atoms with E-state index in [0.29, 0.717) is 6.54 Å². The number of fused-ring (bicyclic) bond motifs is 1. The van der Waals surface area contributed by atoms with Crippen LogP contribution in [0.15, 0.2) is 29.1 Å². The van der Waals surface area contributed by atoms with Gasteiger partial charge >= 0.3 is 0 Å². The Hall–Kier alpha value is -1.13. The summed E-state index contributed by atoms with van der Waals surface area (Å²) in [6.07, 6.45) is 1.71. The lowest BCUT2D eigenvalue weighted by molar-refractivity contribution is 0.225. The maximum Gasteiger partial charge on any atom is 0.268 e. The van der Waals surface area contributed by atoms with E-state index in [-0.39, 0.29) is 17.6 Å². The maximum atomic E-state index is 12.2. The molecule has 0 spiro atoms. The van der Waals surface area contributed by atoms with Crippen molar-refractivity contribution in [3.05, 3.63) is 34.6 Å². The van der Waals surface area contributed by atoms with Crippen LogP contribution in [0.5, 0.6) is 0 Å². The lowest BCUT2D eigenvalue weighted by Gasteiger charge is -2.23. The van der Waals surface area contributed by atoms with Crippen LogP contribution in [0.25, 0.3) is 10.1 Å². The molecule has 2 aromatic rings. The molecule has 98 valence electrons. The van der Waals surface area contributed by atoms with E-state index in [9.17, 15) is 4.79 Å². The average molecular weight is 265 g/mol. The first-order valence-electron chi connectivity index (χ1n) is 6.23. The summed E-state index contributed by atoms with van der Waals surface area (Å²) in [5.41, 5.74) is 0.139. The fraction of sp³-hybridized carbons (Fsp3) is 0.500. The van der Waals surface area contributed by atoms with Gasteiger partial charge in [0.05, 0.1) is 10.1 Å². The summed E-state index contributed by atoms with van der Waals surface area (Å²) in [6, 6.07) is 7.72. The van der Waals surface area contributed by atoms with E-state index < -0.39 is 0 Å². The summed E-state index contributed by atoms with van der Waals surface area (Å²) in [5.74, 6) is 0. The summed E-state index contributed by atoms with van der Waals surface area (Å²) in [7, 11) is 0. The van der Waals surface area contributed by atoms with Crippen molar-refractivity contribution < 1.29 is 5.11 Å². The van der Waals surface area contributed by atoms with Crippen LogP contribution in [-0.2, 0) is 6.54 Å². The molecular weight excluding hydrogens is 246 g/mol. The minimum atomic E-state index is 0.0352. The van der Waals surface area contributed by atoms with Gasteiger partial charge in [-0.25, -0.2) is 0 Å². The number of rotatable bonds is 5. The summed E-state index contributed by atoms with van der Waals surface area (Å²) < 4.78 is 2.88. The van der Waals surface area contributed by atoms with Gasteiger partial charge in [0.15, 0.2) is 0 Å². The van der Waals surface area contributed by atoms with Gasteiger partial charge in [0.1, 0.15) is 0 Å². The first-order chi connectivity index (χ1) is 8.53. The third-order valence-corrected chi connectivity index (χ3v) is 4.20. The highest BCUT2D eigenvalue weighted by Crippen LogP contribution is 2.26. The molecule has 1 heterocycles. The molecule has 2 rings (SSSR count). The first kappa shape index (κ1) is 13.3. The molecule has 0 aliphatic heterocycles. The van der Waals surface area contributed by atoms with Crippen LogP contribution >= 0.6 is 11.5 Å². The van der Waals surface area contributed by atoms with Crippen LogP contribution < -0.4 is 5.56 Å². The van der Waals surface area contributed by atoms with E-state index in [1.54, 1.807) is 0 Å². The average Bonchev–Trinajstić information content (AvgIpc) is 2.64. The van der Waals surface area contributed by atoms with E-state index in [2.05, 4.69) is 13.8 Å². The molecule has 0 saturated carbocycles. The van der Waals surface area contributed by atoms with Gasteiger partial charge in [-0.15, -0.1) is 0 Å². The summed E-state index contributed by atoms with van der Waals surface area (Å²) in [5, 5.41) is 9.70. The zero-order chi connectivity index (χ0) is 13.2. The van der Waals surface area contributed by atoms with E-state index in [1.165, 1.54) is 11.5 Å². The Morgan fingerprint density at radius 3 is 2.72 bits per heavy atom. The van der Waals surface area contributed by atoms with Crippen molar-refractivity contribution in [3.63, 3.8) is 0 Å². The first-order valence-corrected chi connectivity index (χ1v) is 7.00. The molecule has 1 aromatic carbocycles. The fourth-order valence-electron chi connectivity index (χ4n) is 2.15. The number of hydrogen-bond acceptors (Lipinski definition) is 3. The van der Waals surface area contributed by atoms with Crippen LogP contribution in [0, 0.1) is 5.41 Å². The Morgan fingerprint density at radius 1 is 1.33 bits per heavy atom. The van der Waals surface area contributed by atoms with Crippen molar-refractivity contribution in [1.29, 1.82) is 0 Å². The zero-order valence-electron chi connectivity index (χ0n) is 10.8. The second kappa shape index (κ2) is 5.24. The second-order valence-corrected chi connectivity index (χ2v) is 6.48. The minimum absolute atomic E-state index is 0.0352. The molecule has 0 unspecified atom stereocenters. The van der Waals surface area contributed by atoms with Gasteiger partial charge in [0.2, 0.25) is 0 Å². The lowest BCUT2D eigenvalue weighted by Crippen LogP contribution is -2.25. The molecule has 0 aliphatic rings. The quantitative estimate of drug-likeness (QED) is 0.903. The molecular formula is C14H19NO2S.